The molecule has 1 amide bonds. The quantitative estimate of drug-likeness (QED) is 0.726. The molecule has 0 aliphatic carbocycles. The first-order valence-electron chi connectivity index (χ1n) is 8.75. The summed E-state index contributed by atoms with van der Waals surface area (Å²) in [5.74, 6) is -0.371. The Balaban J connectivity index is 1.70. The summed E-state index contributed by atoms with van der Waals surface area (Å²) in [5.41, 5.74) is 1.57. The first-order chi connectivity index (χ1) is 13.2. The number of nitrogens with zero attached hydrogens (tertiary/aromatic N) is 2. The highest BCUT2D eigenvalue weighted by atomic mass is 32.2. The van der Waals surface area contributed by atoms with Gasteiger partial charge in [0.25, 0.3) is 5.91 Å². The minimum atomic E-state index is -3.36. The Kier molecular flexibility index (Phi) is 5.41. The van der Waals surface area contributed by atoms with Crippen LogP contribution < -0.4 is 9.62 Å². The van der Waals surface area contributed by atoms with E-state index in [0.29, 0.717) is 24.4 Å². The molecule has 0 fully saturated rings. The van der Waals surface area contributed by atoms with E-state index in [1.54, 1.807) is 32.0 Å². The molecule has 28 heavy (non-hydrogen) atoms. The second-order valence-electron chi connectivity index (χ2n) is 6.54. The number of hydrogen-bond donors (Lipinski definition) is 1. The number of hydrogen-bond acceptors (Lipinski definition) is 7. The van der Waals surface area contributed by atoms with Crippen LogP contribution in [0.25, 0.3) is 0 Å². The summed E-state index contributed by atoms with van der Waals surface area (Å²) in [7, 11) is -3.36. The average Bonchev–Trinajstić information content (AvgIpc) is 3.24. The van der Waals surface area contributed by atoms with Gasteiger partial charge in [0.15, 0.2) is 11.9 Å². The zero-order chi connectivity index (χ0) is 20.5. The van der Waals surface area contributed by atoms with Crippen molar-refractivity contribution in [3.63, 3.8) is 0 Å². The fourth-order valence-electron chi connectivity index (χ4n) is 2.99. The van der Waals surface area contributed by atoms with E-state index in [1.165, 1.54) is 10.4 Å². The van der Waals surface area contributed by atoms with E-state index >= 15 is 0 Å². The van der Waals surface area contributed by atoms with E-state index in [0.717, 1.165) is 11.8 Å². The van der Waals surface area contributed by atoms with E-state index in [4.69, 9.17) is 9.26 Å². The summed E-state index contributed by atoms with van der Waals surface area (Å²) >= 11 is 0. The van der Waals surface area contributed by atoms with Gasteiger partial charge in [-0.25, -0.2) is 13.2 Å². The van der Waals surface area contributed by atoms with Gasteiger partial charge in [-0.1, -0.05) is 12.1 Å². The van der Waals surface area contributed by atoms with Gasteiger partial charge in [0, 0.05) is 12.6 Å². The summed E-state index contributed by atoms with van der Waals surface area (Å²) in [6.07, 6.45) is 0.934. The first kappa shape index (κ1) is 19.9. The van der Waals surface area contributed by atoms with Crippen molar-refractivity contribution in [2.75, 3.05) is 22.4 Å². The third kappa shape index (κ3) is 4.16. The Morgan fingerprint density at radius 1 is 1.36 bits per heavy atom. The van der Waals surface area contributed by atoms with Gasteiger partial charge in [-0.05, 0) is 43.5 Å². The van der Waals surface area contributed by atoms with E-state index < -0.39 is 28.0 Å². The van der Waals surface area contributed by atoms with Gasteiger partial charge < -0.3 is 14.6 Å². The summed E-state index contributed by atoms with van der Waals surface area (Å²) in [5, 5.41) is 6.22. The maximum Gasteiger partial charge on any atom is 0.338 e. The van der Waals surface area contributed by atoms with E-state index in [-0.39, 0.29) is 17.8 Å². The number of benzene rings is 1. The van der Waals surface area contributed by atoms with E-state index in [2.05, 4.69) is 10.5 Å². The Hall–Kier alpha value is -2.88. The molecule has 1 aromatic carbocycles. The Morgan fingerprint density at radius 2 is 2.11 bits per heavy atom. The number of anilines is 2. The molecule has 0 radical (unpaired) electrons. The highest BCUT2D eigenvalue weighted by Gasteiger charge is 2.28. The number of ether oxygens (including phenoxy) is 1. The summed E-state index contributed by atoms with van der Waals surface area (Å²) < 4.78 is 35.1. The lowest BCUT2D eigenvalue weighted by atomic mass is 10.1. The Morgan fingerprint density at radius 3 is 2.71 bits per heavy atom. The molecule has 0 spiro atoms. The highest BCUT2D eigenvalue weighted by Crippen LogP contribution is 2.31. The Labute approximate surface area is 162 Å². The van der Waals surface area contributed by atoms with Crippen LogP contribution in [0, 0.1) is 6.92 Å². The third-order valence-electron chi connectivity index (χ3n) is 4.36. The summed E-state index contributed by atoms with van der Waals surface area (Å²) in [6, 6.07) is 6.24. The number of rotatable bonds is 6. The normalized spacial score (nSPS) is 14.5. The van der Waals surface area contributed by atoms with Crippen LogP contribution in [0.15, 0.2) is 28.8 Å². The first-order valence-corrected chi connectivity index (χ1v) is 10.6. The van der Waals surface area contributed by atoms with Crippen molar-refractivity contribution in [2.24, 2.45) is 0 Å². The molecule has 2 heterocycles. The van der Waals surface area contributed by atoms with Crippen molar-refractivity contribution in [2.45, 2.75) is 32.8 Å². The van der Waals surface area contributed by atoms with Gasteiger partial charge in [-0.3, -0.25) is 9.10 Å². The molecule has 1 N–H and O–H groups in total. The number of fused-ring (bicyclic) bond motifs is 1. The number of carbonyl (C=O) groups excluding carboxylic acids is 2. The topological polar surface area (TPSA) is 119 Å². The molecule has 1 aliphatic heterocycles. The fourth-order valence-corrected chi connectivity index (χ4v) is 3.95. The molecular formula is C18H21N3O6S. The third-order valence-corrected chi connectivity index (χ3v) is 5.54. The molecule has 2 aromatic rings. The second kappa shape index (κ2) is 7.63. The molecule has 3 rings (SSSR count). The monoisotopic (exact) mass is 407 g/mol. The van der Waals surface area contributed by atoms with Crippen molar-refractivity contribution in [1.29, 1.82) is 0 Å². The van der Waals surface area contributed by atoms with Gasteiger partial charge >= 0.3 is 5.97 Å². The lowest BCUT2D eigenvalue weighted by Crippen LogP contribution is -2.32. The predicted octanol–water partition coefficient (Wildman–Crippen LogP) is 1.88. The van der Waals surface area contributed by atoms with Crippen LogP contribution in [-0.2, 0) is 26.0 Å². The van der Waals surface area contributed by atoms with Gasteiger partial charge in [-0.15, -0.1) is 0 Å². The molecule has 0 saturated heterocycles. The zero-order valence-electron chi connectivity index (χ0n) is 15.8. The highest BCUT2D eigenvalue weighted by molar-refractivity contribution is 7.92. The minimum Gasteiger partial charge on any atom is -0.449 e. The van der Waals surface area contributed by atoms with Crippen LogP contribution in [0.1, 0.15) is 35.0 Å². The molecule has 0 saturated carbocycles. The number of amides is 1. The molecule has 1 aromatic heterocycles. The molecule has 1 atom stereocenters. The number of aryl methyl sites for hydroxylation is 1. The van der Waals surface area contributed by atoms with Crippen molar-refractivity contribution in [3.05, 3.63) is 41.2 Å². The van der Waals surface area contributed by atoms with E-state index in [9.17, 15) is 18.0 Å². The van der Waals surface area contributed by atoms with Crippen LogP contribution in [0.5, 0.6) is 0 Å². The van der Waals surface area contributed by atoms with Crippen molar-refractivity contribution >= 4 is 33.4 Å². The van der Waals surface area contributed by atoms with Crippen LogP contribution in [0.2, 0.25) is 0 Å². The van der Waals surface area contributed by atoms with Gasteiger partial charge in [0.1, 0.15) is 5.76 Å². The number of esters is 1. The van der Waals surface area contributed by atoms with Gasteiger partial charge in [0.05, 0.1) is 17.5 Å². The summed E-state index contributed by atoms with van der Waals surface area (Å²) in [6.45, 7) is 3.75. The minimum absolute atomic E-state index is 0.246. The SMILES string of the molecule is CC[C@@H](OC(=O)c1ccc2c(c1)CCN2S(C)(=O)=O)C(=O)Nc1cc(C)on1. The van der Waals surface area contributed by atoms with Crippen molar-refractivity contribution in [3.8, 4) is 0 Å². The number of carbonyl (C=O) groups is 2. The van der Waals surface area contributed by atoms with Gasteiger partial charge in [-0.2, -0.15) is 0 Å². The van der Waals surface area contributed by atoms with Crippen molar-refractivity contribution in [1.82, 2.24) is 5.16 Å². The van der Waals surface area contributed by atoms with E-state index in [1.807, 2.05) is 0 Å². The number of nitrogens with one attached hydrogen (secondary N) is 1. The van der Waals surface area contributed by atoms with Crippen molar-refractivity contribution < 1.29 is 27.3 Å². The Bertz CT molecular complexity index is 1010. The molecule has 1 aliphatic rings. The number of sulfonamides is 1. The molecular weight excluding hydrogens is 386 g/mol. The maximum absolute atomic E-state index is 12.5. The lowest BCUT2D eigenvalue weighted by molar-refractivity contribution is -0.124. The lowest BCUT2D eigenvalue weighted by Gasteiger charge is -2.17. The van der Waals surface area contributed by atoms with Crippen LogP contribution in [-0.4, -0.2) is 44.4 Å². The predicted molar refractivity (Wildman–Crippen MR) is 102 cm³/mol. The summed E-state index contributed by atoms with van der Waals surface area (Å²) in [4.78, 5) is 24.8. The molecule has 9 nitrogen and oxygen atoms in total. The average molecular weight is 407 g/mol. The second-order valence-corrected chi connectivity index (χ2v) is 8.45. The zero-order valence-corrected chi connectivity index (χ0v) is 16.6. The molecule has 0 bridgehead atoms. The van der Waals surface area contributed by atoms with Crippen LogP contribution in [0.3, 0.4) is 0 Å². The standard InChI is InChI=1S/C18H21N3O6S/c1-4-15(17(22)19-16-9-11(2)27-20-16)26-18(23)13-5-6-14-12(10-13)7-8-21(14)28(3,24)25/h5-6,9-10,15H,4,7-8H2,1-3H3,(H,19,20,22)/t15-/m1/s1. The molecule has 0 unspecified atom stereocenters. The molecule has 150 valence electrons. The molecule has 10 heteroatoms. The van der Waals surface area contributed by atoms with Crippen LogP contribution >= 0.6 is 0 Å². The maximum atomic E-state index is 12.5. The largest absolute Gasteiger partial charge is 0.449 e. The number of aromatic nitrogens is 1. The van der Waals surface area contributed by atoms with Gasteiger partial charge in [0.2, 0.25) is 10.0 Å². The smallest absolute Gasteiger partial charge is 0.338 e. The fraction of sp³-hybridized carbons (Fsp3) is 0.389. The van der Waals surface area contributed by atoms with Crippen LogP contribution in [0.4, 0.5) is 11.5 Å².